The van der Waals surface area contributed by atoms with Crippen molar-refractivity contribution < 1.29 is 0 Å². The van der Waals surface area contributed by atoms with Crippen molar-refractivity contribution in [2.24, 2.45) is 23.7 Å². The number of thiophene rings is 1. The van der Waals surface area contributed by atoms with Gasteiger partial charge >= 0.3 is 0 Å². The Morgan fingerprint density at radius 2 is 1.95 bits per heavy atom. The summed E-state index contributed by atoms with van der Waals surface area (Å²) in [5.41, 5.74) is 0. The Kier molecular flexibility index (Phi) is 5.68. The van der Waals surface area contributed by atoms with Gasteiger partial charge < -0.3 is 5.32 Å². The first-order valence-electron chi connectivity index (χ1n) is 8.28. The Morgan fingerprint density at radius 1 is 1.20 bits per heavy atom. The fourth-order valence-electron chi connectivity index (χ4n) is 3.70. The van der Waals surface area contributed by atoms with Gasteiger partial charge in [0, 0.05) is 17.0 Å². The Balaban J connectivity index is 2.11. The monoisotopic (exact) mass is 293 g/mol. The van der Waals surface area contributed by atoms with Crippen LogP contribution in [0.3, 0.4) is 0 Å². The molecule has 1 fully saturated rings. The van der Waals surface area contributed by atoms with Gasteiger partial charge in [-0.3, -0.25) is 0 Å². The quantitative estimate of drug-likeness (QED) is 0.756. The predicted octanol–water partition coefficient (Wildman–Crippen LogP) is 5.50. The maximum absolute atomic E-state index is 4.03. The van der Waals surface area contributed by atoms with Crippen LogP contribution in [0.1, 0.15) is 64.8 Å². The van der Waals surface area contributed by atoms with Crippen LogP contribution in [-0.4, -0.2) is 6.04 Å². The van der Waals surface area contributed by atoms with E-state index in [1.807, 2.05) is 11.3 Å². The first kappa shape index (κ1) is 16.0. The van der Waals surface area contributed by atoms with Crippen molar-refractivity contribution in [1.29, 1.82) is 0 Å². The van der Waals surface area contributed by atoms with Crippen LogP contribution in [0, 0.1) is 23.7 Å². The van der Waals surface area contributed by atoms with Crippen molar-refractivity contribution in [2.45, 2.75) is 66.0 Å². The molecule has 0 spiro atoms. The standard InChI is InChI=1S/C18H31NS/c1-12(2)15-9-8-14(5)11-16(15)19-18(13(3)4)17-7-6-10-20-17/h6-7,10,12-16,18-19H,8-9,11H2,1-5H3. The summed E-state index contributed by atoms with van der Waals surface area (Å²) in [7, 11) is 0. The lowest BCUT2D eigenvalue weighted by Crippen LogP contribution is -2.45. The molecule has 1 aromatic rings. The zero-order chi connectivity index (χ0) is 14.7. The molecule has 1 aliphatic rings. The second-order valence-corrected chi connectivity index (χ2v) is 8.32. The van der Waals surface area contributed by atoms with E-state index in [1.165, 1.54) is 24.1 Å². The van der Waals surface area contributed by atoms with Crippen molar-refractivity contribution >= 4 is 11.3 Å². The van der Waals surface area contributed by atoms with Crippen LogP contribution < -0.4 is 5.32 Å². The minimum absolute atomic E-state index is 0.520. The van der Waals surface area contributed by atoms with E-state index >= 15 is 0 Å². The Labute approximate surface area is 129 Å². The van der Waals surface area contributed by atoms with Crippen molar-refractivity contribution in [3.8, 4) is 0 Å². The van der Waals surface area contributed by atoms with E-state index in [2.05, 4.69) is 57.4 Å². The molecule has 0 bridgehead atoms. The molecule has 2 rings (SSSR count). The van der Waals surface area contributed by atoms with E-state index in [0.29, 0.717) is 18.0 Å². The third kappa shape index (κ3) is 3.85. The summed E-state index contributed by atoms with van der Waals surface area (Å²) in [6.45, 7) is 11.9. The molecule has 4 unspecified atom stereocenters. The summed E-state index contributed by atoms with van der Waals surface area (Å²) in [4.78, 5) is 1.50. The minimum Gasteiger partial charge on any atom is -0.306 e. The molecule has 1 aliphatic carbocycles. The van der Waals surface area contributed by atoms with Crippen LogP contribution in [0.15, 0.2) is 17.5 Å². The Hall–Kier alpha value is -0.340. The summed E-state index contributed by atoms with van der Waals surface area (Å²) in [5, 5.41) is 6.23. The molecule has 4 atom stereocenters. The number of rotatable bonds is 5. The maximum atomic E-state index is 4.03. The molecule has 1 heterocycles. The normalized spacial score (nSPS) is 29.1. The van der Waals surface area contributed by atoms with Gasteiger partial charge in [0.2, 0.25) is 0 Å². The van der Waals surface area contributed by atoms with E-state index in [-0.39, 0.29) is 0 Å². The van der Waals surface area contributed by atoms with Crippen molar-refractivity contribution in [1.82, 2.24) is 5.32 Å². The van der Waals surface area contributed by atoms with Crippen LogP contribution in [0.25, 0.3) is 0 Å². The van der Waals surface area contributed by atoms with Gasteiger partial charge in [0.1, 0.15) is 0 Å². The first-order chi connectivity index (χ1) is 9.49. The van der Waals surface area contributed by atoms with E-state index < -0.39 is 0 Å². The highest BCUT2D eigenvalue weighted by Gasteiger charge is 2.33. The second-order valence-electron chi connectivity index (χ2n) is 7.34. The SMILES string of the molecule is CC1CCC(C(C)C)C(NC(c2cccs2)C(C)C)C1. The zero-order valence-corrected chi connectivity index (χ0v) is 14.5. The highest BCUT2D eigenvalue weighted by molar-refractivity contribution is 7.10. The molecule has 0 amide bonds. The second kappa shape index (κ2) is 7.09. The van der Waals surface area contributed by atoms with E-state index in [4.69, 9.17) is 0 Å². The van der Waals surface area contributed by atoms with Gasteiger partial charge in [-0.25, -0.2) is 0 Å². The molecule has 1 saturated carbocycles. The summed E-state index contributed by atoms with van der Waals surface area (Å²) in [5.74, 6) is 3.15. The van der Waals surface area contributed by atoms with Gasteiger partial charge in [0.05, 0.1) is 0 Å². The Bertz CT molecular complexity index is 382. The van der Waals surface area contributed by atoms with Gasteiger partial charge in [-0.05, 0) is 48.0 Å². The van der Waals surface area contributed by atoms with E-state index in [0.717, 1.165) is 17.8 Å². The summed E-state index contributed by atoms with van der Waals surface area (Å²) in [6.07, 6.45) is 4.15. The molecule has 0 aliphatic heterocycles. The Morgan fingerprint density at radius 3 is 2.50 bits per heavy atom. The predicted molar refractivity (Wildman–Crippen MR) is 90.2 cm³/mol. The molecule has 0 aromatic carbocycles. The average molecular weight is 294 g/mol. The van der Waals surface area contributed by atoms with Gasteiger partial charge in [-0.15, -0.1) is 11.3 Å². The number of hydrogen-bond donors (Lipinski definition) is 1. The first-order valence-corrected chi connectivity index (χ1v) is 9.16. The smallest absolute Gasteiger partial charge is 0.0440 e. The topological polar surface area (TPSA) is 12.0 Å². The van der Waals surface area contributed by atoms with Gasteiger partial charge in [-0.1, -0.05) is 47.1 Å². The summed E-state index contributed by atoms with van der Waals surface area (Å²) < 4.78 is 0. The van der Waals surface area contributed by atoms with Crippen LogP contribution in [0.5, 0.6) is 0 Å². The lowest BCUT2D eigenvalue weighted by atomic mass is 9.73. The summed E-state index contributed by atoms with van der Waals surface area (Å²) in [6, 6.07) is 5.68. The highest BCUT2D eigenvalue weighted by Crippen LogP contribution is 2.36. The minimum atomic E-state index is 0.520. The lowest BCUT2D eigenvalue weighted by molar-refractivity contribution is 0.151. The molecular weight excluding hydrogens is 262 g/mol. The number of hydrogen-bond acceptors (Lipinski definition) is 2. The molecule has 114 valence electrons. The van der Waals surface area contributed by atoms with Crippen LogP contribution in [0.4, 0.5) is 0 Å². The molecule has 1 N–H and O–H groups in total. The molecule has 0 radical (unpaired) electrons. The molecule has 20 heavy (non-hydrogen) atoms. The van der Waals surface area contributed by atoms with E-state index in [1.54, 1.807) is 0 Å². The van der Waals surface area contributed by atoms with Crippen molar-refractivity contribution in [3.63, 3.8) is 0 Å². The largest absolute Gasteiger partial charge is 0.306 e. The highest BCUT2D eigenvalue weighted by atomic mass is 32.1. The molecule has 2 heteroatoms. The third-order valence-corrected chi connectivity index (χ3v) is 5.89. The van der Waals surface area contributed by atoms with Gasteiger partial charge in [0.25, 0.3) is 0 Å². The lowest BCUT2D eigenvalue weighted by Gasteiger charge is -2.40. The molecular formula is C18H31NS. The fraction of sp³-hybridized carbons (Fsp3) is 0.778. The fourth-order valence-corrected chi connectivity index (χ4v) is 4.65. The third-order valence-electron chi connectivity index (χ3n) is 4.93. The zero-order valence-electron chi connectivity index (χ0n) is 13.7. The van der Waals surface area contributed by atoms with Crippen LogP contribution in [0.2, 0.25) is 0 Å². The van der Waals surface area contributed by atoms with Crippen molar-refractivity contribution in [2.75, 3.05) is 0 Å². The van der Waals surface area contributed by atoms with E-state index in [9.17, 15) is 0 Å². The molecule has 0 saturated heterocycles. The van der Waals surface area contributed by atoms with Crippen LogP contribution >= 0.6 is 11.3 Å². The van der Waals surface area contributed by atoms with Gasteiger partial charge in [-0.2, -0.15) is 0 Å². The maximum Gasteiger partial charge on any atom is 0.0440 e. The summed E-state index contributed by atoms with van der Waals surface area (Å²) >= 11 is 1.90. The van der Waals surface area contributed by atoms with Crippen molar-refractivity contribution in [3.05, 3.63) is 22.4 Å². The molecule has 1 aromatic heterocycles. The molecule has 1 nitrogen and oxygen atoms in total. The van der Waals surface area contributed by atoms with Crippen LogP contribution in [-0.2, 0) is 0 Å². The average Bonchev–Trinajstić information content (AvgIpc) is 2.88. The number of nitrogens with one attached hydrogen (secondary N) is 1. The van der Waals surface area contributed by atoms with Gasteiger partial charge in [0.15, 0.2) is 0 Å².